The van der Waals surface area contributed by atoms with E-state index >= 15 is 0 Å². The zero-order valence-electron chi connectivity index (χ0n) is 83.8. The molecule has 0 radical (unpaired) electrons. The van der Waals surface area contributed by atoms with Gasteiger partial charge in [-0.15, -0.1) is 0 Å². The van der Waals surface area contributed by atoms with Gasteiger partial charge in [-0.25, -0.2) is 0 Å². The van der Waals surface area contributed by atoms with Gasteiger partial charge in [0.25, 0.3) is 0 Å². The maximum atomic E-state index is 13.8. The van der Waals surface area contributed by atoms with E-state index in [-0.39, 0.29) is 68.5 Å². The molecule has 0 aromatic rings. The van der Waals surface area contributed by atoms with Gasteiger partial charge in [-0.2, -0.15) is 0 Å². The Balaban J connectivity index is 5.43. The Kier molecular flexibility index (Phi) is 100. The second kappa shape index (κ2) is 104. The fraction of sp³-hybridized carbons (Fsp3) is 0.842. The zero-order valence-corrected chi connectivity index (χ0v) is 83.8. The monoisotopic (exact) mass is 1770 g/mol. The minimum absolute atomic E-state index is 0.108. The van der Waals surface area contributed by atoms with Crippen LogP contribution in [0.5, 0.6) is 0 Å². The molecular weight excluding hydrogens is 1560 g/mol. The Morgan fingerprint density at radius 2 is 0.325 bits per heavy atom. The summed E-state index contributed by atoms with van der Waals surface area (Å²) in [4.78, 5) is 79.9. The summed E-state index contributed by atoms with van der Waals surface area (Å²) in [5.74, 6) is -1.84. The molecule has 12 heteroatoms. The third-order valence-electron chi connectivity index (χ3n) is 24.8. The minimum atomic E-state index is -0.855. The van der Waals surface area contributed by atoms with Crippen molar-refractivity contribution in [2.75, 3.05) is 19.8 Å². The molecule has 0 saturated carbocycles. The summed E-state index contributed by atoms with van der Waals surface area (Å²) in [6.07, 6.45) is 118. The molecule has 734 valence electrons. The van der Waals surface area contributed by atoms with Crippen molar-refractivity contribution >= 4 is 35.8 Å². The first-order valence-corrected chi connectivity index (χ1v) is 55.0. The SMILES string of the molecule is CCCCCCCCC=CCCCCCCCC(=O)OCC(COC(=O)CCCCCCCC=CCCCCCCCCC(OC(=O)CCCCCCCC=CCCCCCCCC)C(COC(=O)CCCCCCCC=CCCCCCCCC)OC(=O)CCCCCCCC=CCCCCCCCC)OC(=O)CCCCCCCC=CCCCCCCCC. The lowest BCUT2D eigenvalue weighted by atomic mass is 10.0. The zero-order chi connectivity index (χ0) is 91.1. The quantitative estimate of drug-likeness (QED) is 0.0246. The van der Waals surface area contributed by atoms with Crippen molar-refractivity contribution in [1.82, 2.24) is 0 Å². The van der Waals surface area contributed by atoms with Gasteiger partial charge in [-0.05, 0) is 205 Å². The van der Waals surface area contributed by atoms with Crippen LogP contribution in [0.3, 0.4) is 0 Å². The van der Waals surface area contributed by atoms with Crippen LogP contribution in [0, 0.1) is 0 Å². The van der Waals surface area contributed by atoms with E-state index in [9.17, 15) is 28.8 Å². The van der Waals surface area contributed by atoms with Gasteiger partial charge in [0.05, 0.1) is 0 Å². The summed E-state index contributed by atoms with van der Waals surface area (Å²) in [6, 6.07) is 0. The molecule has 0 rings (SSSR count). The molecule has 0 saturated heterocycles. The van der Waals surface area contributed by atoms with E-state index in [2.05, 4.69) is 108 Å². The van der Waals surface area contributed by atoms with Crippen LogP contribution >= 0.6 is 0 Å². The van der Waals surface area contributed by atoms with Crippen molar-refractivity contribution in [3.05, 3.63) is 72.9 Å². The largest absolute Gasteiger partial charge is 0.462 e. The van der Waals surface area contributed by atoms with Crippen LogP contribution in [-0.4, -0.2) is 73.9 Å². The summed E-state index contributed by atoms with van der Waals surface area (Å²) >= 11 is 0. The van der Waals surface area contributed by atoms with Gasteiger partial charge in [0, 0.05) is 38.5 Å². The average molecular weight is 1770 g/mol. The maximum absolute atomic E-state index is 13.8. The predicted molar refractivity (Wildman–Crippen MR) is 538 cm³/mol. The van der Waals surface area contributed by atoms with Crippen molar-refractivity contribution in [3.63, 3.8) is 0 Å². The third-order valence-corrected chi connectivity index (χ3v) is 24.8. The van der Waals surface area contributed by atoms with E-state index in [0.29, 0.717) is 32.1 Å². The van der Waals surface area contributed by atoms with Crippen molar-refractivity contribution in [1.29, 1.82) is 0 Å². The summed E-state index contributed by atoms with van der Waals surface area (Å²) in [5.41, 5.74) is 0. The predicted octanol–water partition coefficient (Wildman–Crippen LogP) is 35.9. The second-order valence-electron chi connectivity index (χ2n) is 37.4. The summed E-state index contributed by atoms with van der Waals surface area (Å²) in [5, 5.41) is 0. The molecule has 126 heavy (non-hydrogen) atoms. The highest BCUT2D eigenvalue weighted by Crippen LogP contribution is 2.24. The minimum Gasteiger partial charge on any atom is -0.462 e. The van der Waals surface area contributed by atoms with Crippen LogP contribution < -0.4 is 0 Å². The molecule has 0 bridgehead atoms. The van der Waals surface area contributed by atoms with Crippen LogP contribution in [0.25, 0.3) is 0 Å². The standard InChI is InChI=1S/C114H206O12/c1-6-11-16-21-26-31-36-41-47-55-62-69-76-83-90-97-109(115)121-103-106(124-112(118)100-93-86-79-72-65-58-49-43-38-33-28-23-18-13-8-3)104-122-110(116)98-91-84-77-70-63-57-53-46-52-54-61-68-75-82-89-96-107(125-113(119)101-94-87-80-73-66-59-50-44-39-34-29-24-19-14-9-4)108(126-114(120)102-95-88-81-74-67-60-51-45-40-35-30-25-20-15-10-5)105-123-111(117)99-92-85-78-71-64-56-48-42-37-32-27-22-17-12-7-2/h41-51,53,106-108H,6-40,52,54-105H2,1-5H3. The van der Waals surface area contributed by atoms with Gasteiger partial charge in [0.2, 0.25) is 0 Å². The molecule has 3 atom stereocenters. The summed E-state index contributed by atoms with van der Waals surface area (Å²) in [7, 11) is 0. The highest BCUT2D eigenvalue weighted by atomic mass is 16.6. The fourth-order valence-electron chi connectivity index (χ4n) is 16.4. The molecule has 0 fully saturated rings. The first kappa shape index (κ1) is 121. The molecule has 0 heterocycles. The number of ether oxygens (including phenoxy) is 6. The van der Waals surface area contributed by atoms with Gasteiger partial charge < -0.3 is 28.4 Å². The number of carbonyl (C=O) groups excluding carboxylic acids is 6. The number of esters is 6. The molecule has 0 N–H and O–H groups in total. The third kappa shape index (κ3) is 96.8. The highest BCUT2D eigenvalue weighted by Gasteiger charge is 2.30. The van der Waals surface area contributed by atoms with Gasteiger partial charge in [-0.1, -0.05) is 409 Å². The lowest BCUT2D eigenvalue weighted by Crippen LogP contribution is -2.39. The number of hydrogen-bond donors (Lipinski definition) is 0. The molecular formula is C114H206O12. The number of allylic oxidation sites excluding steroid dienone is 12. The average Bonchev–Trinajstić information content (AvgIpc) is 0.885. The van der Waals surface area contributed by atoms with Gasteiger partial charge >= 0.3 is 35.8 Å². The summed E-state index contributed by atoms with van der Waals surface area (Å²) < 4.78 is 35.7. The van der Waals surface area contributed by atoms with Crippen molar-refractivity contribution in [3.8, 4) is 0 Å². The first-order chi connectivity index (χ1) is 62.1. The van der Waals surface area contributed by atoms with Crippen LogP contribution in [0.1, 0.15) is 580 Å². The highest BCUT2D eigenvalue weighted by molar-refractivity contribution is 5.72. The molecule has 0 amide bonds. The molecule has 3 unspecified atom stereocenters. The van der Waals surface area contributed by atoms with Crippen LogP contribution in [0.15, 0.2) is 72.9 Å². The van der Waals surface area contributed by atoms with E-state index in [4.69, 9.17) is 28.4 Å². The van der Waals surface area contributed by atoms with Crippen molar-refractivity contribution in [2.24, 2.45) is 0 Å². The summed E-state index contributed by atoms with van der Waals surface area (Å²) in [6.45, 7) is 11.0. The molecule has 0 aromatic heterocycles. The van der Waals surface area contributed by atoms with E-state index in [1.54, 1.807) is 0 Å². The van der Waals surface area contributed by atoms with Crippen molar-refractivity contribution < 1.29 is 57.2 Å². The number of unbranched alkanes of at least 4 members (excludes halogenated alkanes) is 66. The van der Waals surface area contributed by atoms with Crippen LogP contribution in [-0.2, 0) is 57.2 Å². The molecule has 0 aliphatic heterocycles. The van der Waals surface area contributed by atoms with Gasteiger partial charge in [0.15, 0.2) is 12.2 Å². The Hall–Kier alpha value is -4.74. The maximum Gasteiger partial charge on any atom is 0.306 e. The smallest absolute Gasteiger partial charge is 0.306 e. The lowest BCUT2D eigenvalue weighted by Gasteiger charge is -2.27. The molecule has 0 aromatic carbocycles. The van der Waals surface area contributed by atoms with E-state index < -0.39 is 18.3 Å². The Morgan fingerprint density at radius 3 is 0.540 bits per heavy atom. The van der Waals surface area contributed by atoms with Gasteiger partial charge in [-0.3, -0.25) is 28.8 Å². The number of rotatable bonds is 102. The van der Waals surface area contributed by atoms with E-state index in [0.717, 1.165) is 257 Å². The first-order valence-electron chi connectivity index (χ1n) is 55.0. The molecule has 0 spiro atoms. The topological polar surface area (TPSA) is 158 Å². The Morgan fingerprint density at radius 1 is 0.167 bits per heavy atom. The number of hydrogen-bond acceptors (Lipinski definition) is 12. The lowest BCUT2D eigenvalue weighted by molar-refractivity contribution is -0.176. The fourth-order valence-corrected chi connectivity index (χ4v) is 16.4. The van der Waals surface area contributed by atoms with Crippen LogP contribution in [0.2, 0.25) is 0 Å². The Labute approximate surface area is 779 Å². The van der Waals surface area contributed by atoms with Gasteiger partial charge in [0.1, 0.15) is 25.9 Å². The molecule has 0 aliphatic carbocycles. The van der Waals surface area contributed by atoms with E-state index in [1.807, 2.05) is 0 Å². The second-order valence-corrected chi connectivity index (χ2v) is 37.4. The molecule has 0 aliphatic rings. The number of carbonyl (C=O) groups is 6. The van der Waals surface area contributed by atoms with Crippen molar-refractivity contribution in [2.45, 2.75) is 599 Å². The van der Waals surface area contributed by atoms with Crippen LogP contribution in [0.4, 0.5) is 0 Å². The normalized spacial score (nSPS) is 12.6. The van der Waals surface area contributed by atoms with E-state index in [1.165, 1.54) is 244 Å². The molecule has 12 nitrogen and oxygen atoms in total. The Bertz CT molecular complexity index is 2510.